The van der Waals surface area contributed by atoms with Gasteiger partial charge in [0.15, 0.2) is 6.04 Å². The van der Waals surface area contributed by atoms with Crippen LogP contribution in [0, 0.1) is 13.8 Å². The molecule has 0 spiro atoms. The molecule has 2 aromatic rings. The van der Waals surface area contributed by atoms with Crippen molar-refractivity contribution >= 4 is 11.9 Å². The lowest BCUT2D eigenvalue weighted by atomic mass is 9.97. The normalized spacial score (nSPS) is 12.9. The Morgan fingerprint density at radius 1 is 1.15 bits per heavy atom. The van der Waals surface area contributed by atoms with Crippen molar-refractivity contribution in [2.75, 3.05) is 7.11 Å². The van der Waals surface area contributed by atoms with Crippen LogP contribution in [0.15, 0.2) is 42.5 Å². The largest absolute Gasteiger partial charge is 0.497 e. The molecular weight excluding hydrogens is 346 g/mol. The fourth-order valence-electron chi connectivity index (χ4n) is 2.68. The standard InChI is InChI=1S/C21H25NO5/c1-13-7-5-10-18(14(13)2)19(21(24)25)22-20(23)15(3)27-12-16-8-6-9-17(11-16)26-4/h5-11,15,19H,12H2,1-4H3,(H,22,23)(H,24,25). The fraction of sp³-hybridized carbons (Fsp3) is 0.333. The molecule has 0 aliphatic carbocycles. The molecule has 0 fully saturated rings. The molecule has 2 N–H and O–H groups in total. The van der Waals surface area contributed by atoms with E-state index in [9.17, 15) is 14.7 Å². The number of rotatable bonds is 8. The lowest BCUT2D eigenvalue weighted by Gasteiger charge is -2.20. The first-order valence-electron chi connectivity index (χ1n) is 8.67. The van der Waals surface area contributed by atoms with E-state index >= 15 is 0 Å². The van der Waals surface area contributed by atoms with Gasteiger partial charge in [-0.15, -0.1) is 0 Å². The van der Waals surface area contributed by atoms with Crippen molar-refractivity contribution in [3.63, 3.8) is 0 Å². The fourth-order valence-corrected chi connectivity index (χ4v) is 2.68. The molecule has 27 heavy (non-hydrogen) atoms. The number of carbonyl (C=O) groups is 2. The maximum atomic E-state index is 12.4. The summed E-state index contributed by atoms with van der Waals surface area (Å²) in [7, 11) is 1.58. The highest BCUT2D eigenvalue weighted by Gasteiger charge is 2.26. The topological polar surface area (TPSA) is 84.9 Å². The van der Waals surface area contributed by atoms with Crippen molar-refractivity contribution in [3.8, 4) is 5.75 Å². The molecule has 6 heteroatoms. The van der Waals surface area contributed by atoms with E-state index in [0.717, 1.165) is 16.7 Å². The summed E-state index contributed by atoms with van der Waals surface area (Å²) in [6.07, 6.45) is -0.803. The Morgan fingerprint density at radius 2 is 1.85 bits per heavy atom. The van der Waals surface area contributed by atoms with Crippen molar-refractivity contribution < 1.29 is 24.2 Å². The zero-order chi connectivity index (χ0) is 20.0. The zero-order valence-corrected chi connectivity index (χ0v) is 16.0. The number of amides is 1. The van der Waals surface area contributed by atoms with Gasteiger partial charge < -0.3 is 19.9 Å². The molecule has 144 valence electrons. The molecular formula is C21H25NO5. The van der Waals surface area contributed by atoms with E-state index in [1.54, 1.807) is 26.2 Å². The maximum absolute atomic E-state index is 12.4. The minimum absolute atomic E-state index is 0.215. The molecule has 2 aromatic carbocycles. The molecule has 0 aromatic heterocycles. The minimum Gasteiger partial charge on any atom is -0.497 e. The number of aliphatic carboxylic acids is 1. The lowest BCUT2D eigenvalue weighted by molar-refractivity contribution is -0.144. The first-order chi connectivity index (χ1) is 12.8. The van der Waals surface area contributed by atoms with Gasteiger partial charge in [-0.1, -0.05) is 30.3 Å². The third-order valence-electron chi connectivity index (χ3n) is 4.49. The summed E-state index contributed by atoms with van der Waals surface area (Å²) in [5, 5.41) is 12.1. The van der Waals surface area contributed by atoms with Crippen molar-refractivity contribution in [1.82, 2.24) is 5.32 Å². The number of methoxy groups -OCH3 is 1. The number of carboxylic acids is 1. The highest BCUT2D eigenvalue weighted by molar-refractivity contribution is 5.87. The summed E-state index contributed by atoms with van der Waals surface area (Å²) >= 11 is 0. The quantitative estimate of drug-likeness (QED) is 0.745. The van der Waals surface area contributed by atoms with Gasteiger partial charge in [-0.2, -0.15) is 0 Å². The molecule has 0 aliphatic rings. The second kappa shape index (κ2) is 9.19. The smallest absolute Gasteiger partial charge is 0.330 e. The Kier molecular flexibility index (Phi) is 6.96. The third kappa shape index (κ3) is 5.31. The van der Waals surface area contributed by atoms with Gasteiger partial charge in [-0.25, -0.2) is 4.79 Å². The maximum Gasteiger partial charge on any atom is 0.330 e. The van der Waals surface area contributed by atoms with Gasteiger partial charge in [-0.3, -0.25) is 4.79 Å². The molecule has 6 nitrogen and oxygen atoms in total. The highest BCUT2D eigenvalue weighted by Crippen LogP contribution is 2.21. The van der Waals surface area contributed by atoms with Gasteiger partial charge in [0.1, 0.15) is 11.9 Å². The van der Waals surface area contributed by atoms with E-state index in [0.29, 0.717) is 11.3 Å². The number of carbonyl (C=O) groups excluding carboxylic acids is 1. The Hall–Kier alpha value is -2.86. The van der Waals surface area contributed by atoms with E-state index in [4.69, 9.17) is 9.47 Å². The van der Waals surface area contributed by atoms with Gasteiger partial charge in [0.2, 0.25) is 5.91 Å². The molecule has 0 heterocycles. The van der Waals surface area contributed by atoms with Gasteiger partial charge in [0.05, 0.1) is 13.7 Å². The number of ether oxygens (including phenoxy) is 2. The van der Waals surface area contributed by atoms with Crippen molar-refractivity contribution in [2.24, 2.45) is 0 Å². The lowest BCUT2D eigenvalue weighted by Crippen LogP contribution is -2.40. The predicted octanol–water partition coefficient (Wildman–Crippen LogP) is 3.16. The average molecular weight is 371 g/mol. The number of carboxylic acid groups (broad SMARTS) is 1. The Balaban J connectivity index is 2.04. The zero-order valence-electron chi connectivity index (χ0n) is 16.0. The molecule has 0 bridgehead atoms. The van der Waals surface area contributed by atoms with Gasteiger partial charge in [-0.05, 0) is 55.2 Å². The second-order valence-electron chi connectivity index (χ2n) is 6.37. The molecule has 2 atom stereocenters. The van der Waals surface area contributed by atoms with Crippen LogP contribution in [0.1, 0.15) is 35.2 Å². The molecule has 0 aliphatic heterocycles. The van der Waals surface area contributed by atoms with E-state index < -0.39 is 24.0 Å². The SMILES string of the molecule is COc1cccc(COC(C)C(=O)NC(C(=O)O)c2cccc(C)c2C)c1. The molecule has 0 radical (unpaired) electrons. The molecule has 0 saturated heterocycles. The summed E-state index contributed by atoms with van der Waals surface area (Å²) in [6.45, 7) is 5.55. The average Bonchev–Trinajstić information content (AvgIpc) is 2.66. The summed E-state index contributed by atoms with van der Waals surface area (Å²) in [5.74, 6) is -0.891. The van der Waals surface area contributed by atoms with Gasteiger partial charge in [0.25, 0.3) is 0 Å². The Labute approximate surface area is 159 Å². The third-order valence-corrected chi connectivity index (χ3v) is 4.49. The van der Waals surface area contributed by atoms with Crippen LogP contribution >= 0.6 is 0 Å². The van der Waals surface area contributed by atoms with Crippen LogP contribution in [0.2, 0.25) is 0 Å². The van der Waals surface area contributed by atoms with Gasteiger partial charge >= 0.3 is 5.97 Å². The number of benzene rings is 2. The van der Waals surface area contributed by atoms with Crippen LogP contribution in [0.4, 0.5) is 0 Å². The van der Waals surface area contributed by atoms with E-state index in [1.165, 1.54) is 0 Å². The van der Waals surface area contributed by atoms with Crippen LogP contribution in [0.5, 0.6) is 5.75 Å². The summed E-state index contributed by atoms with van der Waals surface area (Å²) in [4.78, 5) is 24.1. The van der Waals surface area contributed by atoms with Crippen molar-refractivity contribution in [1.29, 1.82) is 0 Å². The Morgan fingerprint density at radius 3 is 2.52 bits per heavy atom. The molecule has 0 saturated carbocycles. The van der Waals surface area contributed by atoms with E-state index in [-0.39, 0.29) is 6.61 Å². The van der Waals surface area contributed by atoms with Crippen molar-refractivity contribution in [2.45, 2.75) is 39.5 Å². The number of hydrogen-bond acceptors (Lipinski definition) is 4. The van der Waals surface area contributed by atoms with E-state index in [1.807, 2.05) is 44.2 Å². The van der Waals surface area contributed by atoms with Crippen LogP contribution in [-0.4, -0.2) is 30.2 Å². The van der Waals surface area contributed by atoms with Crippen LogP contribution in [0.3, 0.4) is 0 Å². The second-order valence-corrected chi connectivity index (χ2v) is 6.37. The molecule has 2 rings (SSSR count). The molecule has 2 unspecified atom stereocenters. The summed E-state index contributed by atoms with van der Waals surface area (Å²) in [6, 6.07) is 11.6. The number of nitrogens with one attached hydrogen (secondary N) is 1. The summed E-state index contributed by atoms with van der Waals surface area (Å²) < 4.78 is 10.8. The first kappa shape index (κ1) is 20.5. The predicted molar refractivity (Wildman–Crippen MR) is 102 cm³/mol. The monoisotopic (exact) mass is 371 g/mol. The number of hydrogen-bond donors (Lipinski definition) is 2. The Bertz CT molecular complexity index is 818. The van der Waals surface area contributed by atoms with Crippen LogP contribution < -0.4 is 10.1 Å². The molecule has 1 amide bonds. The van der Waals surface area contributed by atoms with Gasteiger partial charge in [0, 0.05) is 0 Å². The van der Waals surface area contributed by atoms with E-state index in [2.05, 4.69) is 5.32 Å². The summed E-state index contributed by atoms with van der Waals surface area (Å²) in [5.41, 5.74) is 3.24. The number of aryl methyl sites for hydroxylation is 1. The van der Waals surface area contributed by atoms with Crippen molar-refractivity contribution in [3.05, 3.63) is 64.7 Å². The van der Waals surface area contributed by atoms with Crippen LogP contribution in [0.25, 0.3) is 0 Å². The van der Waals surface area contributed by atoms with Crippen LogP contribution in [-0.2, 0) is 20.9 Å². The minimum atomic E-state index is -1.12. The highest BCUT2D eigenvalue weighted by atomic mass is 16.5. The first-order valence-corrected chi connectivity index (χ1v) is 8.67.